The first kappa shape index (κ1) is 9.78. The number of carbonyl (C=O) groups is 1. The number of nitrogens with zero attached hydrogens (tertiary/aromatic N) is 1. The van der Waals surface area contributed by atoms with Crippen LogP contribution >= 0.6 is 0 Å². The largest absolute Gasteiger partial charge is 0.321 e. The van der Waals surface area contributed by atoms with E-state index in [2.05, 4.69) is 10.3 Å². The van der Waals surface area contributed by atoms with Gasteiger partial charge in [0.05, 0.1) is 0 Å². The zero-order valence-electron chi connectivity index (χ0n) is 9.05. The van der Waals surface area contributed by atoms with Crippen LogP contribution in [0.3, 0.4) is 0 Å². The van der Waals surface area contributed by atoms with Gasteiger partial charge in [-0.05, 0) is 29.8 Å². The van der Waals surface area contributed by atoms with Gasteiger partial charge < -0.3 is 5.32 Å². The Bertz CT molecular complexity index is 603. The molecule has 0 bridgehead atoms. The third-order valence-corrected chi connectivity index (χ3v) is 2.73. The number of para-hydroxylation sites is 1. The molecular weight excluding hydrogens is 212 g/mol. The molecule has 1 aromatic heterocycles. The zero-order chi connectivity index (χ0) is 11.7. The summed E-state index contributed by atoms with van der Waals surface area (Å²) in [7, 11) is 0. The van der Waals surface area contributed by atoms with E-state index >= 15 is 0 Å². The summed E-state index contributed by atoms with van der Waals surface area (Å²) >= 11 is 0. The summed E-state index contributed by atoms with van der Waals surface area (Å²) in [6.45, 7) is 0. The molecule has 3 nitrogen and oxygen atoms in total. The number of nitrogens with one attached hydrogen (secondary N) is 1. The van der Waals surface area contributed by atoms with E-state index in [0.717, 1.165) is 16.8 Å². The van der Waals surface area contributed by atoms with E-state index in [9.17, 15) is 4.79 Å². The fraction of sp³-hybridized carbons (Fsp3) is 0. The molecule has 0 saturated carbocycles. The third-order valence-electron chi connectivity index (χ3n) is 2.73. The second-order valence-corrected chi connectivity index (χ2v) is 3.84. The first-order valence-corrected chi connectivity index (χ1v) is 5.37. The lowest BCUT2D eigenvalue weighted by Crippen LogP contribution is -2.03. The lowest BCUT2D eigenvalue weighted by molar-refractivity contribution is -0.110. The maximum absolute atomic E-state index is 11.8. The average molecular weight is 222 g/mol. The Kier molecular flexibility index (Phi) is 2.22. The molecule has 2 aromatic rings. The van der Waals surface area contributed by atoms with E-state index in [0.29, 0.717) is 5.57 Å². The number of amides is 1. The van der Waals surface area contributed by atoms with Crippen LogP contribution in [0.1, 0.15) is 11.1 Å². The summed E-state index contributed by atoms with van der Waals surface area (Å²) in [5.74, 6) is -0.0528. The maximum atomic E-state index is 11.8. The number of carbonyl (C=O) groups excluding carboxylic acids is 1. The summed E-state index contributed by atoms with van der Waals surface area (Å²) < 4.78 is 0. The summed E-state index contributed by atoms with van der Waals surface area (Å²) in [5, 5.41) is 2.84. The van der Waals surface area contributed by atoms with Gasteiger partial charge in [0, 0.05) is 29.2 Å². The minimum atomic E-state index is -0.0528. The van der Waals surface area contributed by atoms with Crippen LogP contribution in [0.15, 0.2) is 48.8 Å². The Labute approximate surface area is 98.8 Å². The Balaban J connectivity index is 2.10. The first-order valence-electron chi connectivity index (χ1n) is 5.37. The van der Waals surface area contributed by atoms with Crippen molar-refractivity contribution >= 4 is 23.2 Å². The van der Waals surface area contributed by atoms with Crippen LogP contribution in [-0.4, -0.2) is 10.9 Å². The van der Waals surface area contributed by atoms with Gasteiger partial charge in [-0.2, -0.15) is 0 Å². The average Bonchev–Trinajstić information content (AvgIpc) is 2.68. The van der Waals surface area contributed by atoms with E-state index in [4.69, 9.17) is 0 Å². The number of hydrogen-bond acceptors (Lipinski definition) is 2. The van der Waals surface area contributed by atoms with Crippen molar-refractivity contribution in [2.24, 2.45) is 0 Å². The third kappa shape index (κ3) is 1.72. The van der Waals surface area contributed by atoms with Crippen LogP contribution < -0.4 is 5.32 Å². The molecule has 17 heavy (non-hydrogen) atoms. The van der Waals surface area contributed by atoms with Crippen molar-refractivity contribution in [2.45, 2.75) is 0 Å². The van der Waals surface area contributed by atoms with Crippen molar-refractivity contribution in [1.29, 1.82) is 0 Å². The molecule has 0 aliphatic carbocycles. The maximum Gasteiger partial charge on any atom is 0.256 e. The van der Waals surface area contributed by atoms with E-state index < -0.39 is 0 Å². The van der Waals surface area contributed by atoms with Gasteiger partial charge in [0.2, 0.25) is 0 Å². The molecule has 82 valence electrons. The number of hydrogen-bond donors (Lipinski definition) is 1. The highest BCUT2D eigenvalue weighted by atomic mass is 16.1. The van der Waals surface area contributed by atoms with Crippen molar-refractivity contribution in [1.82, 2.24) is 4.98 Å². The summed E-state index contributed by atoms with van der Waals surface area (Å²) in [5.41, 5.74) is 3.50. The molecular formula is C14H10N2O. The van der Waals surface area contributed by atoms with E-state index in [-0.39, 0.29) is 5.91 Å². The van der Waals surface area contributed by atoms with Crippen LogP contribution in [0.25, 0.3) is 11.6 Å². The molecule has 1 aliphatic heterocycles. The minimum absolute atomic E-state index is 0.0528. The minimum Gasteiger partial charge on any atom is -0.321 e. The van der Waals surface area contributed by atoms with Gasteiger partial charge in [0.25, 0.3) is 5.91 Å². The van der Waals surface area contributed by atoms with Crippen molar-refractivity contribution in [3.05, 3.63) is 59.9 Å². The van der Waals surface area contributed by atoms with Gasteiger partial charge >= 0.3 is 0 Å². The quantitative estimate of drug-likeness (QED) is 0.753. The monoisotopic (exact) mass is 222 g/mol. The Morgan fingerprint density at radius 1 is 1.06 bits per heavy atom. The molecule has 1 amide bonds. The number of pyridine rings is 1. The summed E-state index contributed by atoms with van der Waals surface area (Å²) in [6, 6.07) is 11.4. The predicted molar refractivity (Wildman–Crippen MR) is 67.2 cm³/mol. The zero-order valence-corrected chi connectivity index (χ0v) is 9.05. The fourth-order valence-electron chi connectivity index (χ4n) is 1.91. The SMILES string of the molecule is O=C1Nc2ccccc2C1=Cc1ccncc1. The highest BCUT2D eigenvalue weighted by molar-refractivity contribution is 6.34. The first-order chi connectivity index (χ1) is 8.34. The molecule has 0 atom stereocenters. The second-order valence-electron chi connectivity index (χ2n) is 3.84. The van der Waals surface area contributed by atoms with Crippen LogP contribution in [0, 0.1) is 0 Å². The van der Waals surface area contributed by atoms with E-state index in [1.54, 1.807) is 12.4 Å². The fourth-order valence-corrected chi connectivity index (χ4v) is 1.91. The van der Waals surface area contributed by atoms with Crippen molar-refractivity contribution in [3.63, 3.8) is 0 Å². The van der Waals surface area contributed by atoms with Crippen molar-refractivity contribution in [2.75, 3.05) is 5.32 Å². The van der Waals surface area contributed by atoms with Gasteiger partial charge in [0.15, 0.2) is 0 Å². The highest BCUT2D eigenvalue weighted by Gasteiger charge is 2.22. The van der Waals surface area contributed by atoms with E-state index in [1.165, 1.54) is 0 Å². The van der Waals surface area contributed by atoms with Crippen LogP contribution in [0.2, 0.25) is 0 Å². The number of anilines is 1. The smallest absolute Gasteiger partial charge is 0.256 e. The molecule has 1 aromatic carbocycles. The predicted octanol–water partition coefficient (Wildman–Crippen LogP) is 2.57. The summed E-state index contributed by atoms with van der Waals surface area (Å²) in [4.78, 5) is 15.8. The van der Waals surface area contributed by atoms with Gasteiger partial charge in [-0.15, -0.1) is 0 Å². The number of aromatic nitrogens is 1. The molecule has 0 saturated heterocycles. The highest BCUT2D eigenvalue weighted by Crippen LogP contribution is 2.32. The molecule has 0 unspecified atom stereocenters. The van der Waals surface area contributed by atoms with Gasteiger partial charge in [-0.3, -0.25) is 9.78 Å². The van der Waals surface area contributed by atoms with Gasteiger partial charge in [-0.25, -0.2) is 0 Å². The molecule has 3 heteroatoms. The normalized spacial score (nSPS) is 15.8. The van der Waals surface area contributed by atoms with Crippen molar-refractivity contribution in [3.8, 4) is 0 Å². The molecule has 1 N–H and O–H groups in total. The van der Waals surface area contributed by atoms with Crippen molar-refractivity contribution < 1.29 is 4.79 Å². The summed E-state index contributed by atoms with van der Waals surface area (Å²) in [6.07, 6.45) is 5.30. The van der Waals surface area contributed by atoms with Gasteiger partial charge in [-0.1, -0.05) is 18.2 Å². The molecule has 0 fully saturated rings. The van der Waals surface area contributed by atoms with Crippen LogP contribution in [0.5, 0.6) is 0 Å². The second kappa shape index (κ2) is 3.87. The number of rotatable bonds is 1. The van der Waals surface area contributed by atoms with Crippen LogP contribution in [-0.2, 0) is 4.79 Å². The standard InChI is InChI=1S/C14H10N2O/c17-14-12(9-10-5-7-15-8-6-10)11-3-1-2-4-13(11)16-14/h1-9H,(H,16,17). The Morgan fingerprint density at radius 2 is 1.82 bits per heavy atom. The molecule has 1 aliphatic rings. The molecule has 3 rings (SSSR count). The molecule has 2 heterocycles. The Hall–Kier alpha value is -2.42. The van der Waals surface area contributed by atoms with Crippen LogP contribution in [0.4, 0.5) is 5.69 Å². The van der Waals surface area contributed by atoms with Gasteiger partial charge in [0.1, 0.15) is 0 Å². The lowest BCUT2D eigenvalue weighted by Gasteiger charge is -1.97. The Morgan fingerprint density at radius 3 is 2.65 bits per heavy atom. The molecule has 0 spiro atoms. The topological polar surface area (TPSA) is 42.0 Å². The molecule has 0 radical (unpaired) electrons. The number of benzene rings is 1. The lowest BCUT2D eigenvalue weighted by atomic mass is 10.0. The number of fused-ring (bicyclic) bond motifs is 1. The van der Waals surface area contributed by atoms with E-state index in [1.807, 2.05) is 42.5 Å².